The molecular formula is C12H19IN2O2. The summed E-state index contributed by atoms with van der Waals surface area (Å²) in [5.74, 6) is 1.39. The van der Waals surface area contributed by atoms with Crippen LogP contribution in [0.15, 0.2) is 11.0 Å². The number of halogens is 1. The molecule has 0 aliphatic rings. The van der Waals surface area contributed by atoms with Crippen molar-refractivity contribution in [3.8, 4) is 0 Å². The predicted octanol–water partition coefficient (Wildman–Crippen LogP) is 2.22. The van der Waals surface area contributed by atoms with Crippen molar-refractivity contribution >= 4 is 22.6 Å². The van der Waals surface area contributed by atoms with Gasteiger partial charge in [0.15, 0.2) is 0 Å². The molecule has 1 aromatic heterocycles. The molecule has 96 valence electrons. The molecule has 0 aliphatic heterocycles. The number of aromatic nitrogens is 2. The average Bonchev–Trinajstić information content (AvgIpc) is 2.27. The Balaban J connectivity index is 2.47. The summed E-state index contributed by atoms with van der Waals surface area (Å²) in [6.07, 6.45) is 2.66. The molecule has 0 unspecified atom stereocenters. The Labute approximate surface area is 116 Å². The molecule has 0 aliphatic carbocycles. The first-order valence-corrected chi connectivity index (χ1v) is 6.90. The fourth-order valence-electron chi connectivity index (χ4n) is 1.39. The van der Waals surface area contributed by atoms with Crippen LogP contribution in [0.1, 0.15) is 26.1 Å². The Morgan fingerprint density at radius 3 is 2.82 bits per heavy atom. The highest BCUT2D eigenvalue weighted by Gasteiger charge is 2.04. The zero-order chi connectivity index (χ0) is 12.8. The van der Waals surface area contributed by atoms with E-state index in [1.807, 2.05) is 29.5 Å². The highest BCUT2D eigenvalue weighted by atomic mass is 127. The van der Waals surface area contributed by atoms with E-state index >= 15 is 0 Å². The third kappa shape index (κ3) is 4.75. The number of nitrogens with zero attached hydrogens (tertiary/aromatic N) is 2. The quantitative estimate of drug-likeness (QED) is 0.584. The van der Waals surface area contributed by atoms with E-state index in [4.69, 9.17) is 4.74 Å². The van der Waals surface area contributed by atoms with Crippen LogP contribution in [0, 0.1) is 16.4 Å². The standard InChI is InChI=1S/C12H19IN2O2/c1-9(2)4-6-17-7-5-15-10(3)14-8-11(13)12(15)16/h8-9H,4-7H2,1-3H3. The number of aryl methyl sites for hydroxylation is 1. The number of hydrogen-bond donors (Lipinski definition) is 0. The van der Waals surface area contributed by atoms with E-state index in [0.717, 1.165) is 18.9 Å². The summed E-state index contributed by atoms with van der Waals surface area (Å²) in [6.45, 7) is 8.07. The number of hydrogen-bond acceptors (Lipinski definition) is 3. The minimum atomic E-state index is 0.0190. The van der Waals surface area contributed by atoms with E-state index in [1.54, 1.807) is 10.8 Å². The summed E-state index contributed by atoms with van der Waals surface area (Å²) in [5.41, 5.74) is 0.0190. The molecule has 0 spiro atoms. The van der Waals surface area contributed by atoms with Gasteiger partial charge < -0.3 is 4.74 Å². The van der Waals surface area contributed by atoms with Crippen molar-refractivity contribution in [3.05, 3.63) is 25.9 Å². The molecule has 0 amide bonds. The summed E-state index contributed by atoms with van der Waals surface area (Å²) in [7, 11) is 0. The molecule has 0 atom stereocenters. The molecule has 1 rings (SSSR count). The minimum absolute atomic E-state index is 0.0190. The Morgan fingerprint density at radius 1 is 1.47 bits per heavy atom. The molecule has 0 radical (unpaired) electrons. The van der Waals surface area contributed by atoms with Crippen LogP contribution in [-0.2, 0) is 11.3 Å². The van der Waals surface area contributed by atoms with E-state index in [9.17, 15) is 4.79 Å². The summed E-state index contributed by atoms with van der Waals surface area (Å²) in [5, 5.41) is 0. The van der Waals surface area contributed by atoms with Crippen LogP contribution in [0.2, 0.25) is 0 Å². The molecule has 1 aromatic rings. The van der Waals surface area contributed by atoms with E-state index in [0.29, 0.717) is 22.6 Å². The predicted molar refractivity (Wildman–Crippen MR) is 76.2 cm³/mol. The third-order valence-corrected chi connectivity index (χ3v) is 3.24. The van der Waals surface area contributed by atoms with Gasteiger partial charge in [0.25, 0.3) is 5.56 Å². The lowest BCUT2D eigenvalue weighted by atomic mass is 10.1. The molecule has 17 heavy (non-hydrogen) atoms. The molecule has 1 heterocycles. The molecule has 0 saturated carbocycles. The monoisotopic (exact) mass is 350 g/mol. The topological polar surface area (TPSA) is 44.1 Å². The van der Waals surface area contributed by atoms with Crippen LogP contribution >= 0.6 is 22.6 Å². The summed E-state index contributed by atoms with van der Waals surface area (Å²) < 4.78 is 7.82. The first-order valence-electron chi connectivity index (χ1n) is 5.82. The van der Waals surface area contributed by atoms with Crippen LogP contribution in [0.4, 0.5) is 0 Å². The molecule has 5 heteroatoms. The first kappa shape index (κ1) is 14.6. The second-order valence-electron chi connectivity index (χ2n) is 4.41. The largest absolute Gasteiger partial charge is 0.380 e. The summed E-state index contributed by atoms with van der Waals surface area (Å²) in [6, 6.07) is 0. The van der Waals surface area contributed by atoms with Crippen molar-refractivity contribution in [2.24, 2.45) is 5.92 Å². The second kappa shape index (κ2) is 7.10. The lowest BCUT2D eigenvalue weighted by Crippen LogP contribution is -2.27. The van der Waals surface area contributed by atoms with Gasteiger partial charge in [0, 0.05) is 12.8 Å². The maximum atomic E-state index is 11.8. The van der Waals surface area contributed by atoms with Gasteiger partial charge >= 0.3 is 0 Å². The average molecular weight is 350 g/mol. The van der Waals surface area contributed by atoms with Gasteiger partial charge in [-0.3, -0.25) is 9.36 Å². The minimum Gasteiger partial charge on any atom is -0.380 e. The Hall–Kier alpha value is -0.430. The zero-order valence-electron chi connectivity index (χ0n) is 10.6. The normalized spacial score (nSPS) is 11.1. The van der Waals surface area contributed by atoms with Gasteiger partial charge in [-0.05, 0) is 41.9 Å². The molecule has 0 fully saturated rings. The van der Waals surface area contributed by atoms with Crippen molar-refractivity contribution in [2.45, 2.75) is 33.7 Å². The maximum Gasteiger partial charge on any atom is 0.267 e. The van der Waals surface area contributed by atoms with Crippen LogP contribution in [0.5, 0.6) is 0 Å². The van der Waals surface area contributed by atoms with Crippen molar-refractivity contribution in [3.63, 3.8) is 0 Å². The van der Waals surface area contributed by atoms with Gasteiger partial charge in [0.05, 0.1) is 16.7 Å². The smallest absolute Gasteiger partial charge is 0.267 e. The molecule has 0 N–H and O–H groups in total. The van der Waals surface area contributed by atoms with Gasteiger partial charge in [-0.15, -0.1) is 0 Å². The zero-order valence-corrected chi connectivity index (χ0v) is 12.7. The highest BCUT2D eigenvalue weighted by Crippen LogP contribution is 2.00. The van der Waals surface area contributed by atoms with Crippen LogP contribution in [0.3, 0.4) is 0 Å². The molecule has 0 saturated heterocycles. The van der Waals surface area contributed by atoms with E-state index in [2.05, 4.69) is 18.8 Å². The van der Waals surface area contributed by atoms with E-state index in [-0.39, 0.29) is 5.56 Å². The van der Waals surface area contributed by atoms with Crippen LogP contribution < -0.4 is 5.56 Å². The highest BCUT2D eigenvalue weighted by molar-refractivity contribution is 14.1. The van der Waals surface area contributed by atoms with Gasteiger partial charge in [0.2, 0.25) is 0 Å². The molecule has 4 nitrogen and oxygen atoms in total. The van der Waals surface area contributed by atoms with Crippen molar-refractivity contribution in [1.82, 2.24) is 9.55 Å². The van der Waals surface area contributed by atoms with Gasteiger partial charge in [0.1, 0.15) is 5.82 Å². The van der Waals surface area contributed by atoms with Crippen molar-refractivity contribution < 1.29 is 4.74 Å². The third-order valence-electron chi connectivity index (χ3n) is 2.50. The summed E-state index contributed by atoms with van der Waals surface area (Å²) in [4.78, 5) is 16.0. The Bertz CT molecular complexity index is 415. The van der Waals surface area contributed by atoms with E-state index in [1.165, 1.54) is 0 Å². The lowest BCUT2D eigenvalue weighted by Gasteiger charge is -2.10. The van der Waals surface area contributed by atoms with Crippen LogP contribution in [0.25, 0.3) is 0 Å². The van der Waals surface area contributed by atoms with Gasteiger partial charge in [-0.1, -0.05) is 13.8 Å². The SMILES string of the molecule is Cc1ncc(I)c(=O)n1CCOCCC(C)C. The fraction of sp³-hybridized carbons (Fsp3) is 0.667. The van der Waals surface area contributed by atoms with Gasteiger partial charge in [-0.25, -0.2) is 4.98 Å². The molecular weight excluding hydrogens is 331 g/mol. The number of rotatable bonds is 6. The van der Waals surface area contributed by atoms with Crippen molar-refractivity contribution in [2.75, 3.05) is 13.2 Å². The summed E-state index contributed by atoms with van der Waals surface area (Å²) >= 11 is 2.01. The second-order valence-corrected chi connectivity index (χ2v) is 5.57. The molecule has 0 aromatic carbocycles. The number of ether oxygens (including phenoxy) is 1. The van der Waals surface area contributed by atoms with Crippen LogP contribution in [-0.4, -0.2) is 22.8 Å². The Kier molecular flexibility index (Phi) is 6.11. The van der Waals surface area contributed by atoms with Gasteiger partial charge in [-0.2, -0.15) is 0 Å². The lowest BCUT2D eigenvalue weighted by molar-refractivity contribution is 0.115. The van der Waals surface area contributed by atoms with Crippen molar-refractivity contribution in [1.29, 1.82) is 0 Å². The Morgan fingerprint density at radius 2 is 2.18 bits per heavy atom. The fourth-order valence-corrected chi connectivity index (χ4v) is 1.82. The maximum absolute atomic E-state index is 11.8. The molecule has 0 bridgehead atoms. The first-order chi connectivity index (χ1) is 8.02. The van der Waals surface area contributed by atoms with E-state index < -0.39 is 0 Å².